The number of hydrogen-bond acceptors (Lipinski definition) is 7. The van der Waals surface area contributed by atoms with E-state index in [0.29, 0.717) is 30.2 Å². The Bertz CT molecular complexity index is 1050. The number of methoxy groups -OCH3 is 1. The van der Waals surface area contributed by atoms with Crippen LogP contribution in [0.1, 0.15) is 5.69 Å². The van der Waals surface area contributed by atoms with Gasteiger partial charge < -0.3 is 9.26 Å². The van der Waals surface area contributed by atoms with Crippen molar-refractivity contribution in [3.8, 4) is 28.7 Å². The van der Waals surface area contributed by atoms with Gasteiger partial charge in [0.05, 0.1) is 12.3 Å². The molecule has 0 spiro atoms. The molecule has 8 nitrogen and oxygen atoms in total. The largest absolute Gasteiger partial charge is 0.384 e. The molecule has 0 saturated carbocycles. The van der Waals surface area contributed by atoms with E-state index >= 15 is 0 Å². The first-order valence-corrected chi connectivity index (χ1v) is 8.21. The van der Waals surface area contributed by atoms with Crippen molar-refractivity contribution >= 4 is 0 Å². The van der Waals surface area contributed by atoms with Gasteiger partial charge in [0.1, 0.15) is 11.5 Å². The maximum Gasteiger partial charge on any atom is 0.280 e. The summed E-state index contributed by atoms with van der Waals surface area (Å²) >= 11 is 0. The topological polar surface area (TPSA) is 91.8 Å². The van der Waals surface area contributed by atoms with Crippen molar-refractivity contribution in [3.63, 3.8) is 0 Å². The summed E-state index contributed by atoms with van der Waals surface area (Å²) in [5, 5.41) is 12.2. The van der Waals surface area contributed by atoms with Crippen LogP contribution < -0.4 is 0 Å². The maximum atomic E-state index is 14.2. The molecule has 9 heteroatoms. The van der Waals surface area contributed by atoms with Gasteiger partial charge >= 0.3 is 0 Å². The van der Waals surface area contributed by atoms with Gasteiger partial charge in [-0.25, -0.2) is 9.07 Å². The lowest BCUT2D eigenvalue weighted by molar-refractivity contribution is 0.201. The number of para-hydroxylation sites is 1. The van der Waals surface area contributed by atoms with Gasteiger partial charge in [-0.15, -0.1) is 5.10 Å². The number of pyridine rings is 1. The van der Waals surface area contributed by atoms with Gasteiger partial charge in [0.25, 0.3) is 5.89 Å². The Morgan fingerprint density at radius 3 is 2.74 bits per heavy atom. The average molecular weight is 366 g/mol. The molecule has 136 valence electrons. The summed E-state index contributed by atoms with van der Waals surface area (Å²) in [5.74, 6) is 0.205. The molecule has 3 aromatic heterocycles. The first-order chi connectivity index (χ1) is 13.3. The fraction of sp³-hybridized carbons (Fsp3) is 0.167. The summed E-state index contributed by atoms with van der Waals surface area (Å²) in [4.78, 5) is 8.36. The molecule has 4 aromatic rings. The Morgan fingerprint density at radius 2 is 1.96 bits per heavy atom. The second kappa shape index (κ2) is 7.42. The first-order valence-electron chi connectivity index (χ1n) is 8.21. The molecule has 0 bridgehead atoms. The number of aromatic nitrogens is 6. The minimum atomic E-state index is -0.407. The average Bonchev–Trinajstić information content (AvgIpc) is 3.34. The van der Waals surface area contributed by atoms with Crippen LogP contribution in [0.2, 0.25) is 0 Å². The van der Waals surface area contributed by atoms with Crippen LogP contribution in [0.5, 0.6) is 0 Å². The molecule has 0 amide bonds. The number of halogens is 1. The van der Waals surface area contributed by atoms with Crippen molar-refractivity contribution in [3.05, 3.63) is 60.3 Å². The molecule has 0 N–H and O–H groups in total. The molecule has 1 aromatic carbocycles. The molecule has 27 heavy (non-hydrogen) atoms. The zero-order valence-corrected chi connectivity index (χ0v) is 14.4. The van der Waals surface area contributed by atoms with E-state index in [1.165, 1.54) is 10.7 Å². The van der Waals surface area contributed by atoms with E-state index in [2.05, 4.69) is 25.4 Å². The highest BCUT2D eigenvalue weighted by molar-refractivity contribution is 5.58. The molecular formula is C18H15FN6O2. The van der Waals surface area contributed by atoms with E-state index in [0.717, 1.165) is 5.56 Å². The normalized spacial score (nSPS) is 11.0. The molecule has 3 heterocycles. The lowest BCUT2D eigenvalue weighted by Gasteiger charge is -2.07. The van der Waals surface area contributed by atoms with Crippen molar-refractivity contribution in [2.75, 3.05) is 13.7 Å². The first kappa shape index (κ1) is 17.0. The van der Waals surface area contributed by atoms with Crippen molar-refractivity contribution in [2.24, 2.45) is 0 Å². The monoisotopic (exact) mass is 366 g/mol. The molecule has 0 aliphatic heterocycles. The van der Waals surface area contributed by atoms with E-state index in [4.69, 9.17) is 9.26 Å². The van der Waals surface area contributed by atoms with Gasteiger partial charge in [-0.3, -0.25) is 4.98 Å². The molecule has 4 rings (SSSR count). The van der Waals surface area contributed by atoms with Crippen LogP contribution in [0.3, 0.4) is 0 Å². The van der Waals surface area contributed by atoms with Crippen molar-refractivity contribution in [1.29, 1.82) is 0 Å². The Morgan fingerprint density at radius 1 is 1.15 bits per heavy atom. The van der Waals surface area contributed by atoms with E-state index in [1.54, 1.807) is 49.8 Å². The number of nitrogens with zero attached hydrogens (tertiary/aromatic N) is 6. The summed E-state index contributed by atoms with van der Waals surface area (Å²) in [6.07, 6.45) is 3.73. The standard InChI is InChI=1S/C18H15FN6O2/c1-26-11-8-15-16(22-24-25(15)14-5-3-2-4-13(14)19)18-21-17(23-27-18)12-6-9-20-10-7-12/h2-7,9-10H,8,11H2,1H3. The Balaban J connectivity index is 1.77. The Kier molecular flexibility index (Phi) is 4.67. The second-order valence-corrected chi connectivity index (χ2v) is 5.65. The van der Waals surface area contributed by atoms with E-state index in [-0.39, 0.29) is 11.6 Å². The van der Waals surface area contributed by atoms with Crippen molar-refractivity contribution < 1.29 is 13.7 Å². The maximum absolute atomic E-state index is 14.2. The van der Waals surface area contributed by atoms with Crippen molar-refractivity contribution in [2.45, 2.75) is 6.42 Å². The van der Waals surface area contributed by atoms with Crippen molar-refractivity contribution in [1.82, 2.24) is 30.1 Å². The number of rotatable bonds is 6. The fourth-order valence-corrected chi connectivity index (χ4v) is 2.65. The third kappa shape index (κ3) is 3.32. The predicted octanol–water partition coefficient (Wildman–Crippen LogP) is 2.71. The van der Waals surface area contributed by atoms with Gasteiger partial charge in [0.15, 0.2) is 5.69 Å². The highest BCUT2D eigenvalue weighted by Crippen LogP contribution is 2.26. The van der Waals surface area contributed by atoms with Crippen LogP contribution >= 0.6 is 0 Å². The van der Waals surface area contributed by atoms with Crippen LogP contribution in [0.4, 0.5) is 4.39 Å². The lowest BCUT2D eigenvalue weighted by Crippen LogP contribution is -2.07. The summed E-state index contributed by atoms with van der Waals surface area (Å²) < 4.78 is 26.2. The van der Waals surface area contributed by atoms with Crippen LogP contribution in [-0.2, 0) is 11.2 Å². The van der Waals surface area contributed by atoms with E-state index in [1.807, 2.05) is 0 Å². The molecule has 0 atom stereocenters. The third-order valence-electron chi connectivity index (χ3n) is 3.95. The lowest BCUT2D eigenvalue weighted by atomic mass is 10.2. The van der Waals surface area contributed by atoms with Crippen LogP contribution in [-0.4, -0.2) is 43.8 Å². The minimum absolute atomic E-state index is 0.204. The number of ether oxygens (including phenoxy) is 1. The van der Waals surface area contributed by atoms with Crippen LogP contribution in [0, 0.1) is 5.82 Å². The van der Waals surface area contributed by atoms with Gasteiger partial charge in [0, 0.05) is 31.5 Å². The van der Waals surface area contributed by atoms with Gasteiger partial charge in [-0.1, -0.05) is 22.5 Å². The highest BCUT2D eigenvalue weighted by Gasteiger charge is 2.22. The third-order valence-corrected chi connectivity index (χ3v) is 3.95. The van der Waals surface area contributed by atoms with Gasteiger partial charge in [-0.2, -0.15) is 4.98 Å². The summed E-state index contributed by atoms with van der Waals surface area (Å²) in [5.41, 5.74) is 2.06. The predicted molar refractivity (Wildman–Crippen MR) is 93.4 cm³/mol. The molecule has 0 saturated heterocycles. The highest BCUT2D eigenvalue weighted by atomic mass is 19.1. The molecule has 0 radical (unpaired) electrons. The number of hydrogen-bond donors (Lipinski definition) is 0. The molecule has 0 unspecified atom stereocenters. The zero-order chi connectivity index (χ0) is 18.6. The Hall–Kier alpha value is -3.46. The number of benzene rings is 1. The fourth-order valence-electron chi connectivity index (χ4n) is 2.65. The summed E-state index contributed by atoms with van der Waals surface area (Å²) in [7, 11) is 1.59. The van der Waals surface area contributed by atoms with Crippen LogP contribution in [0.15, 0.2) is 53.3 Å². The molecule has 0 aliphatic carbocycles. The smallest absolute Gasteiger partial charge is 0.280 e. The molecule has 0 aliphatic rings. The molecular weight excluding hydrogens is 351 g/mol. The van der Waals surface area contributed by atoms with E-state index in [9.17, 15) is 4.39 Å². The summed E-state index contributed by atoms with van der Waals surface area (Å²) in [6.45, 7) is 0.403. The van der Waals surface area contributed by atoms with E-state index < -0.39 is 5.82 Å². The van der Waals surface area contributed by atoms with Gasteiger partial charge in [-0.05, 0) is 24.3 Å². The van der Waals surface area contributed by atoms with Gasteiger partial charge in [0.2, 0.25) is 5.82 Å². The summed E-state index contributed by atoms with van der Waals surface area (Å²) in [6, 6.07) is 9.89. The SMILES string of the molecule is COCCc1c(-c2nc(-c3ccncc3)no2)nnn1-c1ccccc1F. The Labute approximate surface area is 153 Å². The second-order valence-electron chi connectivity index (χ2n) is 5.65. The zero-order valence-electron chi connectivity index (χ0n) is 14.4. The quantitative estimate of drug-likeness (QED) is 0.518. The minimum Gasteiger partial charge on any atom is -0.384 e. The molecule has 0 fully saturated rings. The van der Waals surface area contributed by atoms with Crippen LogP contribution in [0.25, 0.3) is 28.7 Å².